The van der Waals surface area contributed by atoms with Crippen molar-refractivity contribution in [3.8, 4) is 6.07 Å². The summed E-state index contributed by atoms with van der Waals surface area (Å²) in [6.07, 6.45) is 4.32. The second-order valence-electron chi connectivity index (χ2n) is 21.3. The Morgan fingerprint density at radius 3 is 1.47 bits per heavy atom. The Labute approximate surface area is 666 Å². The van der Waals surface area contributed by atoms with Gasteiger partial charge in [-0.15, -0.1) is 11.6 Å². The molecule has 11 N–H and O–H groups in total. The van der Waals surface area contributed by atoms with E-state index in [4.69, 9.17) is 97.2 Å². The van der Waals surface area contributed by atoms with E-state index >= 15 is 0 Å². The molecule has 0 radical (unpaired) electrons. The SMILES string of the molecule is N#CC1CC(N(CC(=O)NCc2cccc(Cl)c2F)C(=O)Cn2nc(C(N)=O)c3ccccc32)C1.NC(=O)c1nn(CC(=O)O)c2ccccc12.O=C(CCl)NCc1cccc(Cl)c1F.O=CO[O-].[C-]#[N+]C1CC(N)C1.[C-]#[N+]C1CC(NCC(=O)NCc2cccc(Cl)c2F)C1.[H-].[K+].[K+]. The Bertz CT molecular complexity index is 4060. The van der Waals surface area contributed by atoms with E-state index < -0.39 is 47.0 Å². The fourth-order valence-electron chi connectivity index (χ4n) is 9.36. The van der Waals surface area contributed by atoms with Gasteiger partial charge in [-0.05, 0) is 43.2 Å². The van der Waals surface area contributed by atoms with Crippen molar-refractivity contribution in [1.29, 1.82) is 5.26 Å². The standard InChI is InChI=1S/C24H22ClFN6O3.C14H15ClFN3O.C10H9N3O3.C9H8Cl2FNO.C5H8N2.CH2O3.2K.H/c25-18-6-3-4-15(22(18)26)11-29-20(33)12-31(16-8-14(9-16)10-27)21(34)13-32-19-7-2-1-5-17(19)23(30-32)24(28)35;1-17-10-5-11(6-10)18-8-13(20)19-7-9-3-2-4-12(15)14(9)16;11-10(16)9-6-3-1-2-4-7(6)13(12-9)5-8(14)15;10-4-8(14)13-5-6-2-1-3-7(11)9(6)12;1-7-5-2-4(6)3-5;2-1-4-3;;;/h1-7,14,16H,8-9,11-13H2,(H2,28,35)(H,29,33);2-4,10-11,18H,5-8H2,(H,19,20);1-4H,5H2,(H2,11,16)(H,14,15);1-3H,4-5H2,(H,13,14);4-5H,2-3,6H2;1,3H;;;/q;;;;;;2*+1;-1/p-1. The van der Waals surface area contributed by atoms with Crippen molar-refractivity contribution in [2.24, 2.45) is 23.1 Å². The molecule has 35 heteroatoms. The number of nitrogens with zero attached hydrogens (tertiary/aromatic N) is 8. The van der Waals surface area contributed by atoms with Gasteiger partial charge in [-0.25, -0.2) is 26.3 Å². The number of aliphatic carboxylic acids is 1. The number of amides is 6. The molecule has 0 unspecified atom stereocenters. The molecule has 2 aromatic heterocycles. The molecule has 5 aromatic carbocycles. The summed E-state index contributed by atoms with van der Waals surface area (Å²) in [5.74, 6) is -5.78. The van der Waals surface area contributed by atoms with Crippen molar-refractivity contribution in [3.05, 3.63) is 187 Å². The number of para-hydroxylation sites is 2. The second-order valence-corrected chi connectivity index (χ2v) is 22.8. The number of fused-ring (bicyclic) bond motifs is 2. The maximum atomic E-state index is 14.1. The van der Waals surface area contributed by atoms with Crippen LogP contribution in [-0.4, -0.2) is 127 Å². The third-order valence-corrected chi connectivity index (χ3v) is 15.7. The first-order chi connectivity index (χ1) is 45.9. The Morgan fingerprint density at radius 1 is 0.684 bits per heavy atom. The molecule has 3 aliphatic rings. The van der Waals surface area contributed by atoms with Gasteiger partial charge in [-0.2, -0.15) is 15.5 Å². The van der Waals surface area contributed by atoms with Crippen LogP contribution in [0, 0.1) is 47.8 Å². The quantitative estimate of drug-likeness (QED) is 0.0124. The van der Waals surface area contributed by atoms with Crippen molar-refractivity contribution >= 4 is 116 Å². The Balaban J connectivity index is 0.000000446. The Hall–Kier alpha value is -6.63. The van der Waals surface area contributed by atoms with Gasteiger partial charge in [0.1, 0.15) is 36.4 Å². The molecule has 2 heterocycles. The van der Waals surface area contributed by atoms with Crippen LogP contribution < -0.4 is 146 Å². The third-order valence-electron chi connectivity index (χ3n) is 14.6. The number of halogens is 7. The van der Waals surface area contributed by atoms with Crippen LogP contribution in [0.1, 0.15) is 77.6 Å². The number of nitriles is 1. The number of nitrogens with two attached hydrogens (primary N) is 3. The molecule has 0 bridgehead atoms. The Morgan fingerprint density at radius 2 is 1.09 bits per heavy atom. The molecule has 7 aromatic rings. The molecule has 98 heavy (non-hydrogen) atoms. The molecular formula is C63H64Cl4F3K2N15O11. The first-order valence-electron chi connectivity index (χ1n) is 28.9. The first kappa shape index (κ1) is 85.6. The summed E-state index contributed by atoms with van der Waals surface area (Å²) in [4.78, 5) is 101. The van der Waals surface area contributed by atoms with E-state index in [1.165, 1.54) is 38.5 Å². The van der Waals surface area contributed by atoms with Gasteiger partial charge in [0.25, 0.3) is 18.3 Å². The van der Waals surface area contributed by atoms with Crippen LogP contribution in [0.5, 0.6) is 0 Å². The zero-order valence-electron chi connectivity index (χ0n) is 53.7. The average molecular weight is 1480 g/mol. The van der Waals surface area contributed by atoms with Crippen LogP contribution in [0.3, 0.4) is 0 Å². The van der Waals surface area contributed by atoms with Crippen molar-refractivity contribution in [1.82, 2.24) is 45.7 Å². The summed E-state index contributed by atoms with van der Waals surface area (Å²) in [5.41, 5.74) is 18.2. The fraction of sp³-hybridized carbons (Fsp3) is 0.317. The number of nitrogens with one attached hydrogen (secondary N) is 4. The van der Waals surface area contributed by atoms with Crippen molar-refractivity contribution in [2.45, 2.75) is 101 Å². The van der Waals surface area contributed by atoms with E-state index in [0.29, 0.717) is 51.8 Å². The zero-order valence-corrected chi connectivity index (χ0v) is 62.0. The minimum absolute atomic E-state index is 0. The molecule has 10 rings (SSSR count). The number of carboxylic acids is 1. The molecule has 3 fully saturated rings. The minimum atomic E-state index is -1.02. The number of benzene rings is 5. The summed E-state index contributed by atoms with van der Waals surface area (Å²) in [5, 5.41) is 46.3. The summed E-state index contributed by atoms with van der Waals surface area (Å²) in [7, 11) is 0. The van der Waals surface area contributed by atoms with Crippen LogP contribution in [-0.2, 0) is 66.4 Å². The monoisotopic (exact) mass is 1480 g/mol. The molecule has 0 saturated heterocycles. The molecule has 26 nitrogen and oxygen atoms in total. The molecular weight excluding hydrogens is 1420 g/mol. The van der Waals surface area contributed by atoms with Crippen LogP contribution in [0.4, 0.5) is 13.2 Å². The van der Waals surface area contributed by atoms with Gasteiger partial charge < -0.3 is 69.7 Å². The Kier molecular flexibility index (Phi) is 38.3. The van der Waals surface area contributed by atoms with E-state index in [-0.39, 0.29) is 236 Å². The van der Waals surface area contributed by atoms with Gasteiger partial charge in [0.05, 0.1) is 51.2 Å². The van der Waals surface area contributed by atoms with E-state index in [0.717, 1.165) is 25.7 Å². The molecule has 6 amide bonds. The number of aromatic nitrogens is 4. The zero-order chi connectivity index (χ0) is 70.6. The predicted octanol–water partition coefficient (Wildman–Crippen LogP) is 0.0146. The largest absolute Gasteiger partial charge is 1.00 e. The summed E-state index contributed by atoms with van der Waals surface area (Å²) in [6, 6.07) is 30.3. The molecule has 508 valence electrons. The number of carbonyl (C=O) groups excluding carboxylic acids is 7. The smallest absolute Gasteiger partial charge is 1.00 e. The number of hydrogen-bond acceptors (Lipinski definition) is 15. The third kappa shape index (κ3) is 26.5. The van der Waals surface area contributed by atoms with Crippen LogP contribution in [0.15, 0.2) is 103 Å². The van der Waals surface area contributed by atoms with Crippen molar-refractivity contribution in [2.75, 3.05) is 19.0 Å². The van der Waals surface area contributed by atoms with Crippen molar-refractivity contribution < 1.29 is 171 Å². The van der Waals surface area contributed by atoms with Crippen LogP contribution in [0.25, 0.3) is 31.5 Å². The average Bonchev–Trinajstić information content (AvgIpc) is 1.60. The minimum Gasteiger partial charge on any atom is -1.00 e. The van der Waals surface area contributed by atoms with Gasteiger partial charge in [0.15, 0.2) is 11.4 Å². The van der Waals surface area contributed by atoms with E-state index in [1.54, 1.807) is 78.9 Å². The predicted molar refractivity (Wildman–Crippen MR) is 346 cm³/mol. The van der Waals surface area contributed by atoms with Gasteiger partial charge in [-0.1, -0.05) is 108 Å². The van der Waals surface area contributed by atoms with Crippen LogP contribution in [0.2, 0.25) is 15.1 Å². The number of primary amides is 2. The van der Waals surface area contributed by atoms with Gasteiger partial charge in [-0.3, -0.25) is 47.7 Å². The van der Waals surface area contributed by atoms with E-state index in [2.05, 4.69) is 52.1 Å². The maximum absolute atomic E-state index is 14.1. The van der Waals surface area contributed by atoms with Gasteiger partial charge in [0.2, 0.25) is 35.7 Å². The first-order valence-corrected chi connectivity index (χ1v) is 30.5. The molecule has 0 atom stereocenters. The molecule has 0 aliphatic heterocycles. The summed E-state index contributed by atoms with van der Waals surface area (Å²) >= 11 is 22.3. The summed E-state index contributed by atoms with van der Waals surface area (Å²) < 4.78 is 43.6. The number of rotatable bonds is 20. The van der Waals surface area contributed by atoms with Gasteiger partial charge in [0, 0.05) is 90.9 Å². The second kappa shape index (κ2) is 43.8. The van der Waals surface area contributed by atoms with Crippen LogP contribution >= 0.6 is 46.4 Å². The number of carbonyl (C=O) groups is 8. The number of hydrogen-bond donors (Lipinski definition) is 8. The number of carboxylic acid groups (broad SMARTS) is 1. The number of alkyl halides is 1. The molecule has 3 saturated carbocycles. The van der Waals surface area contributed by atoms with Crippen molar-refractivity contribution in [3.63, 3.8) is 0 Å². The molecule has 0 spiro atoms. The van der Waals surface area contributed by atoms with E-state index in [1.807, 2.05) is 0 Å². The topological polar surface area (TPSA) is 387 Å². The maximum Gasteiger partial charge on any atom is 1.00 e. The fourth-order valence-corrected chi connectivity index (χ4v) is 10.0. The normalized spacial score (nSPS) is 16.4. The summed E-state index contributed by atoms with van der Waals surface area (Å²) in [6.45, 7) is 12.7. The van der Waals surface area contributed by atoms with Gasteiger partial charge >= 0.3 is 109 Å². The molecule has 3 aliphatic carbocycles. The van der Waals surface area contributed by atoms with E-state index in [9.17, 15) is 46.7 Å².